The van der Waals surface area contributed by atoms with Crippen LogP contribution in [0, 0.1) is 5.92 Å². The minimum absolute atomic E-state index is 0.0681. The average Bonchev–Trinajstić information content (AvgIpc) is 2.98. The second-order valence-electron chi connectivity index (χ2n) is 3.74. The fourth-order valence-corrected chi connectivity index (χ4v) is 1.29. The minimum Gasteiger partial charge on any atom is -0.476 e. The molecule has 0 spiro atoms. The van der Waals surface area contributed by atoms with Gasteiger partial charge in [0.05, 0.1) is 12.7 Å². The lowest BCUT2D eigenvalue weighted by Crippen LogP contribution is -2.28. The molecule has 1 heterocycles. The van der Waals surface area contributed by atoms with Gasteiger partial charge < -0.3 is 10.4 Å². The number of aromatic nitrogens is 3. The van der Waals surface area contributed by atoms with Crippen molar-refractivity contribution in [1.29, 1.82) is 0 Å². The largest absolute Gasteiger partial charge is 0.476 e. The third kappa shape index (κ3) is 2.56. The molecular weight excluding hydrogens is 212 g/mol. The number of amides is 1. The maximum atomic E-state index is 11.3. The van der Waals surface area contributed by atoms with Crippen LogP contribution in [0.3, 0.4) is 0 Å². The van der Waals surface area contributed by atoms with Crippen molar-refractivity contribution in [3.63, 3.8) is 0 Å². The topological polar surface area (TPSA) is 97.1 Å². The fraction of sp³-hybridized carbons (Fsp3) is 0.556. The molecule has 0 bridgehead atoms. The van der Waals surface area contributed by atoms with E-state index in [0.29, 0.717) is 13.1 Å². The van der Waals surface area contributed by atoms with E-state index in [0.717, 1.165) is 12.8 Å². The summed E-state index contributed by atoms with van der Waals surface area (Å²) in [5, 5.41) is 18.5. The molecule has 2 rings (SSSR count). The fourth-order valence-electron chi connectivity index (χ4n) is 1.29. The maximum absolute atomic E-state index is 11.3. The van der Waals surface area contributed by atoms with Gasteiger partial charge in [-0.05, 0) is 12.8 Å². The van der Waals surface area contributed by atoms with E-state index in [1.54, 1.807) is 0 Å². The lowest BCUT2D eigenvalue weighted by atomic mass is 10.4. The van der Waals surface area contributed by atoms with Crippen molar-refractivity contribution in [2.75, 3.05) is 6.54 Å². The zero-order chi connectivity index (χ0) is 11.5. The second-order valence-corrected chi connectivity index (χ2v) is 3.74. The van der Waals surface area contributed by atoms with Gasteiger partial charge in [0, 0.05) is 12.5 Å². The van der Waals surface area contributed by atoms with Crippen LogP contribution >= 0.6 is 0 Å². The molecule has 1 aromatic rings. The van der Waals surface area contributed by atoms with Gasteiger partial charge in [-0.15, -0.1) is 5.10 Å². The van der Waals surface area contributed by atoms with Gasteiger partial charge in [0.2, 0.25) is 5.91 Å². The van der Waals surface area contributed by atoms with Crippen LogP contribution in [0.4, 0.5) is 0 Å². The Bertz CT molecular complexity index is 411. The number of carbonyl (C=O) groups is 2. The molecule has 0 aliphatic heterocycles. The molecule has 7 heteroatoms. The summed E-state index contributed by atoms with van der Waals surface area (Å²) >= 11 is 0. The van der Waals surface area contributed by atoms with Gasteiger partial charge in [-0.3, -0.25) is 4.79 Å². The number of carboxylic acids is 1. The Morgan fingerprint density at radius 2 is 2.31 bits per heavy atom. The Labute approximate surface area is 91.4 Å². The van der Waals surface area contributed by atoms with Crippen LogP contribution in [0.5, 0.6) is 0 Å². The van der Waals surface area contributed by atoms with E-state index in [2.05, 4.69) is 15.6 Å². The molecule has 1 aliphatic rings. The number of hydrogen-bond acceptors (Lipinski definition) is 4. The van der Waals surface area contributed by atoms with E-state index in [-0.39, 0.29) is 17.5 Å². The lowest BCUT2D eigenvalue weighted by molar-refractivity contribution is -0.122. The predicted octanol–water partition coefficient (Wildman–Crippen LogP) is -0.498. The molecule has 1 aliphatic carbocycles. The highest BCUT2D eigenvalue weighted by molar-refractivity contribution is 5.84. The monoisotopic (exact) mass is 224 g/mol. The van der Waals surface area contributed by atoms with E-state index in [1.807, 2.05) is 0 Å². The van der Waals surface area contributed by atoms with Crippen molar-refractivity contribution in [2.24, 2.45) is 5.92 Å². The summed E-state index contributed by atoms with van der Waals surface area (Å²) in [5.41, 5.74) is -0.0893. The zero-order valence-electron chi connectivity index (χ0n) is 8.59. The summed E-state index contributed by atoms with van der Waals surface area (Å²) in [6.45, 7) is 0.872. The molecule has 7 nitrogen and oxygen atoms in total. The van der Waals surface area contributed by atoms with Gasteiger partial charge in [0.1, 0.15) is 0 Å². The Hall–Kier alpha value is -1.92. The van der Waals surface area contributed by atoms with Crippen molar-refractivity contribution in [2.45, 2.75) is 19.4 Å². The van der Waals surface area contributed by atoms with Crippen LogP contribution < -0.4 is 5.32 Å². The highest BCUT2D eigenvalue weighted by atomic mass is 16.4. The van der Waals surface area contributed by atoms with Gasteiger partial charge >= 0.3 is 5.97 Å². The van der Waals surface area contributed by atoms with Crippen LogP contribution in [0.25, 0.3) is 0 Å². The molecule has 0 aromatic carbocycles. The van der Waals surface area contributed by atoms with Crippen LogP contribution in [0.1, 0.15) is 23.3 Å². The average molecular weight is 224 g/mol. The van der Waals surface area contributed by atoms with E-state index in [9.17, 15) is 9.59 Å². The molecule has 0 unspecified atom stereocenters. The zero-order valence-corrected chi connectivity index (χ0v) is 8.59. The first kappa shape index (κ1) is 10.6. The third-order valence-electron chi connectivity index (χ3n) is 2.35. The molecule has 1 aromatic heterocycles. The number of carbonyl (C=O) groups excluding carboxylic acids is 1. The molecule has 16 heavy (non-hydrogen) atoms. The minimum atomic E-state index is -1.10. The molecule has 2 N–H and O–H groups in total. The van der Waals surface area contributed by atoms with Crippen LogP contribution in [-0.4, -0.2) is 38.5 Å². The number of aromatic carboxylic acids is 1. The summed E-state index contributed by atoms with van der Waals surface area (Å²) in [6.07, 6.45) is 3.28. The van der Waals surface area contributed by atoms with E-state index in [1.165, 1.54) is 10.9 Å². The number of rotatable bonds is 5. The van der Waals surface area contributed by atoms with Crippen molar-refractivity contribution in [3.05, 3.63) is 11.9 Å². The van der Waals surface area contributed by atoms with E-state index in [4.69, 9.17) is 5.11 Å². The van der Waals surface area contributed by atoms with E-state index >= 15 is 0 Å². The number of hydrogen-bond donors (Lipinski definition) is 2. The summed E-state index contributed by atoms with van der Waals surface area (Å²) in [7, 11) is 0. The Morgan fingerprint density at radius 3 is 2.88 bits per heavy atom. The molecule has 1 saturated carbocycles. The van der Waals surface area contributed by atoms with Gasteiger partial charge in [-0.25, -0.2) is 9.48 Å². The number of carboxylic acid groups (broad SMARTS) is 1. The lowest BCUT2D eigenvalue weighted by Gasteiger charge is -2.02. The molecular formula is C9H12N4O3. The molecule has 1 fully saturated rings. The van der Waals surface area contributed by atoms with Crippen molar-refractivity contribution >= 4 is 11.9 Å². The summed E-state index contributed by atoms with van der Waals surface area (Å²) in [6, 6.07) is 0. The van der Waals surface area contributed by atoms with Crippen LogP contribution in [-0.2, 0) is 11.3 Å². The summed E-state index contributed by atoms with van der Waals surface area (Å²) in [4.78, 5) is 21.8. The number of nitrogens with one attached hydrogen (secondary N) is 1. The van der Waals surface area contributed by atoms with Crippen molar-refractivity contribution in [3.8, 4) is 0 Å². The summed E-state index contributed by atoms with van der Waals surface area (Å²) < 4.78 is 1.40. The molecule has 86 valence electrons. The highest BCUT2D eigenvalue weighted by Gasteiger charge is 2.29. The SMILES string of the molecule is O=C(O)c1cn(CCNC(=O)C2CC2)nn1. The van der Waals surface area contributed by atoms with Gasteiger partial charge in [-0.2, -0.15) is 0 Å². The van der Waals surface area contributed by atoms with E-state index < -0.39 is 5.97 Å². The first-order valence-corrected chi connectivity index (χ1v) is 5.08. The molecule has 1 amide bonds. The molecule has 0 atom stereocenters. The van der Waals surface area contributed by atoms with Gasteiger partial charge in [-0.1, -0.05) is 5.21 Å². The number of nitrogens with zero attached hydrogens (tertiary/aromatic N) is 3. The standard InChI is InChI=1S/C9H12N4O3/c14-8(6-1-2-6)10-3-4-13-5-7(9(15)16)11-12-13/h5-6H,1-4H2,(H,10,14)(H,15,16). The first-order chi connectivity index (χ1) is 7.66. The maximum Gasteiger partial charge on any atom is 0.358 e. The Kier molecular flexibility index (Phi) is 2.84. The second kappa shape index (κ2) is 4.30. The van der Waals surface area contributed by atoms with Gasteiger partial charge in [0.25, 0.3) is 0 Å². The predicted molar refractivity (Wildman–Crippen MR) is 52.7 cm³/mol. The van der Waals surface area contributed by atoms with Crippen LogP contribution in [0.15, 0.2) is 6.20 Å². The summed E-state index contributed by atoms with van der Waals surface area (Å²) in [5.74, 6) is -0.850. The highest BCUT2D eigenvalue weighted by Crippen LogP contribution is 2.28. The smallest absolute Gasteiger partial charge is 0.358 e. The van der Waals surface area contributed by atoms with Crippen LogP contribution in [0.2, 0.25) is 0 Å². The third-order valence-corrected chi connectivity index (χ3v) is 2.35. The van der Waals surface area contributed by atoms with Crippen molar-refractivity contribution in [1.82, 2.24) is 20.3 Å². The Morgan fingerprint density at radius 1 is 1.56 bits per heavy atom. The quantitative estimate of drug-likeness (QED) is 0.702. The van der Waals surface area contributed by atoms with Gasteiger partial charge in [0.15, 0.2) is 5.69 Å². The molecule has 0 saturated heterocycles. The Balaban J connectivity index is 1.75. The molecule has 0 radical (unpaired) electrons. The van der Waals surface area contributed by atoms with Crippen molar-refractivity contribution < 1.29 is 14.7 Å². The normalized spacial score (nSPS) is 14.8. The first-order valence-electron chi connectivity index (χ1n) is 5.08.